The summed E-state index contributed by atoms with van der Waals surface area (Å²) in [5.41, 5.74) is 2.06. The molecule has 1 rings (SSSR count). The van der Waals surface area contributed by atoms with E-state index in [-0.39, 0.29) is 5.41 Å². The minimum Gasteiger partial charge on any atom is -0.377 e. The Morgan fingerprint density at radius 1 is 1.17 bits per heavy atom. The molecule has 0 N–H and O–H groups in total. The van der Waals surface area contributed by atoms with Gasteiger partial charge in [-0.05, 0) is 34.7 Å². The van der Waals surface area contributed by atoms with Crippen molar-refractivity contribution in [3.8, 4) is 0 Å². The van der Waals surface area contributed by atoms with E-state index in [1.165, 1.54) is 18.4 Å². The molecule has 1 aliphatic rings. The summed E-state index contributed by atoms with van der Waals surface area (Å²) < 4.78 is 5.83. The minimum atomic E-state index is 0.206. The van der Waals surface area contributed by atoms with Gasteiger partial charge in [0.1, 0.15) is 0 Å². The second kappa shape index (κ2) is 5.36. The molecule has 1 aliphatic carbocycles. The molecule has 1 nitrogen and oxygen atoms in total. The standard InChI is InChI=1S/C17H32O/c1-9-12-10-13(16(2,3)4)11-14(15(12)18-8)17(5,6)7/h11-13,15H,9-10H2,1-8H3. The van der Waals surface area contributed by atoms with E-state index in [1.54, 1.807) is 0 Å². The summed E-state index contributed by atoms with van der Waals surface area (Å²) in [5, 5.41) is 0. The van der Waals surface area contributed by atoms with Gasteiger partial charge >= 0.3 is 0 Å². The van der Waals surface area contributed by atoms with Crippen molar-refractivity contribution in [2.75, 3.05) is 7.11 Å². The summed E-state index contributed by atoms with van der Waals surface area (Å²) in [4.78, 5) is 0. The van der Waals surface area contributed by atoms with E-state index in [2.05, 4.69) is 54.5 Å². The third-order valence-corrected chi connectivity index (χ3v) is 4.43. The Morgan fingerprint density at radius 2 is 1.72 bits per heavy atom. The zero-order valence-electron chi connectivity index (χ0n) is 13.6. The van der Waals surface area contributed by atoms with Gasteiger partial charge in [-0.3, -0.25) is 0 Å². The van der Waals surface area contributed by atoms with Gasteiger partial charge in [0.2, 0.25) is 0 Å². The summed E-state index contributed by atoms with van der Waals surface area (Å²) in [7, 11) is 1.87. The Kier molecular flexibility index (Phi) is 4.70. The van der Waals surface area contributed by atoms with Crippen LogP contribution in [0.4, 0.5) is 0 Å². The molecule has 18 heavy (non-hydrogen) atoms. The molecule has 1 heteroatoms. The van der Waals surface area contributed by atoms with Gasteiger partial charge in [0.15, 0.2) is 0 Å². The molecule has 0 aromatic carbocycles. The van der Waals surface area contributed by atoms with Crippen LogP contribution in [0, 0.1) is 22.7 Å². The SMILES string of the molecule is CCC1CC(C(C)(C)C)C=C(C(C)(C)C)C1OC. The normalized spacial score (nSPS) is 30.2. The van der Waals surface area contributed by atoms with Gasteiger partial charge < -0.3 is 4.74 Å². The van der Waals surface area contributed by atoms with E-state index >= 15 is 0 Å². The van der Waals surface area contributed by atoms with Crippen LogP contribution in [0.5, 0.6) is 0 Å². The van der Waals surface area contributed by atoms with Crippen LogP contribution in [-0.2, 0) is 4.74 Å². The van der Waals surface area contributed by atoms with E-state index in [4.69, 9.17) is 4.74 Å². The maximum atomic E-state index is 5.83. The third-order valence-electron chi connectivity index (χ3n) is 4.43. The highest BCUT2D eigenvalue weighted by Gasteiger charge is 2.39. The predicted octanol–water partition coefficient (Wildman–Crippen LogP) is 5.07. The zero-order chi connectivity index (χ0) is 14.1. The van der Waals surface area contributed by atoms with E-state index in [0.29, 0.717) is 23.4 Å². The highest BCUT2D eigenvalue weighted by atomic mass is 16.5. The number of methoxy groups -OCH3 is 1. The lowest BCUT2D eigenvalue weighted by atomic mass is 9.65. The van der Waals surface area contributed by atoms with Gasteiger partial charge in [-0.15, -0.1) is 0 Å². The maximum Gasteiger partial charge on any atom is 0.0814 e. The van der Waals surface area contributed by atoms with Crippen molar-refractivity contribution in [1.82, 2.24) is 0 Å². The number of allylic oxidation sites excluding steroid dienone is 1. The monoisotopic (exact) mass is 252 g/mol. The molecule has 0 amide bonds. The second-order valence-corrected chi connectivity index (χ2v) is 7.90. The molecule has 0 spiro atoms. The second-order valence-electron chi connectivity index (χ2n) is 7.90. The van der Waals surface area contributed by atoms with Gasteiger partial charge in [0.05, 0.1) is 6.10 Å². The lowest BCUT2D eigenvalue weighted by molar-refractivity contribution is 0.0357. The molecular weight excluding hydrogens is 220 g/mol. The van der Waals surface area contributed by atoms with Gasteiger partial charge in [0.25, 0.3) is 0 Å². The first-order valence-electron chi connectivity index (χ1n) is 7.36. The molecule has 0 radical (unpaired) electrons. The quantitative estimate of drug-likeness (QED) is 0.624. The van der Waals surface area contributed by atoms with Crippen molar-refractivity contribution >= 4 is 0 Å². The average molecular weight is 252 g/mol. The molecule has 0 saturated carbocycles. The van der Waals surface area contributed by atoms with Crippen molar-refractivity contribution in [3.63, 3.8) is 0 Å². The van der Waals surface area contributed by atoms with Crippen LogP contribution >= 0.6 is 0 Å². The summed E-state index contributed by atoms with van der Waals surface area (Å²) in [6.45, 7) is 16.3. The summed E-state index contributed by atoms with van der Waals surface area (Å²) >= 11 is 0. The molecule has 0 aliphatic heterocycles. The van der Waals surface area contributed by atoms with Crippen molar-refractivity contribution in [1.29, 1.82) is 0 Å². The fraction of sp³-hybridized carbons (Fsp3) is 0.882. The molecular formula is C17H32O. The van der Waals surface area contributed by atoms with E-state index in [0.717, 1.165) is 0 Å². The molecule has 0 heterocycles. The smallest absolute Gasteiger partial charge is 0.0814 e. The Morgan fingerprint density at radius 3 is 2.06 bits per heavy atom. The number of hydrogen-bond acceptors (Lipinski definition) is 1. The minimum absolute atomic E-state index is 0.206. The summed E-state index contributed by atoms with van der Waals surface area (Å²) in [5.74, 6) is 1.33. The van der Waals surface area contributed by atoms with Crippen molar-refractivity contribution in [2.45, 2.75) is 67.4 Å². The lowest BCUT2D eigenvalue weighted by Crippen LogP contribution is -2.38. The fourth-order valence-corrected chi connectivity index (χ4v) is 3.06. The van der Waals surface area contributed by atoms with Gasteiger partial charge in [0, 0.05) is 7.11 Å². The number of ether oxygens (including phenoxy) is 1. The van der Waals surface area contributed by atoms with Crippen LogP contribution in [0.15, 0.2) is 11.6 Å². The topological polar surface area (TPSA) is 9.23 Å². The molecule has 0 bridgehead atoms. The van der Waals surface area contributed by atoms with Crippen molar-refractivity contribution in [3.05, 3.63) is 11.6 Å². The van der Waals surface area contributed by atoms with Crippen LogP contribution in [0.25, 0.3) is 0 Å². The first-order valence-corrected chi connectivity index (χ1v) is 7.36. The lowest BCUT2D eigenvalue weighted by Gasteiger charge is -2.44. The van der Waals surface area contributed by atoms with Crippen LogP contribution in [0.2, 0.25) is 0 Å². The number of hydrogen-bond donors (Lipinski definition) is 0. The van der Waals surface area contributed by atoms with Crippen LogP contribution in [-0.4, -0.2) is 13.2 Å². The Bertz CT molecular complexity index is 301. The van der Waals surface area contributed by atoms with Crippen LogP contribution in [0.3, 0.4) is 0 Å². The first kappa shape index (κ1) is 15.8. The third kappa shape index (κ3) is 3.38. The first-order chi connectivity index (χ1) is 8.11. The Labute approximate surface area is 114 Å². The molecule has 0 aromatic heterocycles. The average Bonchev–Trinajstić information content (AvgIpc) is 2.24. The molecule has 0 saturated heterocycles. The zero-order valence-corrected chi connectivity index (χ0v) is 13.6. The Hall–Kier alpha value is -0.300. The maximum absolute atomic E-state index is 5.83. The molecule has 106 valence electrons. The Balaban J connectivity index is 3.17. The summed E-state index contributed by atoms with van der Waals surface area (Å²) in [6, 6.07) is 0. The summed E-state index contributed by atoms with van der Waals surface area (Å²) in [6.07, 6.45) is 5.30. The molecule has 0 fully saturated rings. The highest BCUT2D eigenvalue weighted by molar-refractivity contribution is 5.23. The van der Waals surface area contributed by atoms with E-state index < -0.39 is 0 Å². The molecule has 0 aromatic rings. The van der Waals surface area contributed by atoms with Crippen molar-refractivity contribution < 1.29 is 4.74 Å². The van der Waals surface area contributed by atoms with Crippen LogP contribution < -0.4 is 0 Å². The number of rotatable bonds is 2. The molecule has 3 unspecified atom stereocenters. The predicted molar refractivity (Wildman–Crippen MR) is 79.7 cm³/mol. The van der Waals surface area contributed by atoms with Crippen LogP contribution in [0.1, 0.15) is 61.3 Å². The largest absolute Gasteiger partial charge is 0.377 e. The van der Waals surface area contributed by atoms with Crippen molar-refractivity contribution in [2.24, 2.45) is 22.7 Å². The van der Waals surface area contributed by atoms with Gasteiger partial charge in [-0.25, -0.2) is 0 Å². The molecule has 3 atom stereocenters. The highest BCUT2D eigenvalue weighted by Crippen LogP contribution is 2.45. The fourth-order valence-electron chi connectivity index (χ4n) is 3.06. The van der Waals surface area contributed by atoms with Gasteiger partial charge in [-0.2, -0.15) is 0 Å². The van der Waals surface area contributed by atoms with E-state index in [9.17, 15) is 0 Å². The van der Waals surface area contributed by atoms with Gasteiger partial charge in [-0.1, -0.05) is 61.0 Å². The van der Waals surface area contributed by atoms with E-state index in [1.807, 2.05) is 7.11 Å².